The van der Waals surface area contributed by atoms with Crippen LogP contribution < -0.4 is 5.32 Å². The lowest BCUT2D eigenvalue weighted by molar-refractivity contribution is 0.110. The molecule has 194 valence electrons. The Hall–Kier alpha value is -2.37. The van der Waals surface area contributed by atoms with Crippen molar-refractivity contribution in [2.24, 2.45) is 17.8 Å². The van der Waals surface area contributed by atoms with Crippen LogP contribution in [-0.4, -0.2) is 64.2 Å². The van der Waals surface area contributed by atoms with Gasteiger partial charge in [0.25, 0.3) is 0 Å². The summed E-state index contributed by atoms with van der Waals surface area (Å²) in [5, 5.41) is 22.7. The summed E-state index contributed by atoms with van der Waals surface area (Å²) in [6.45, 7) is 2.53. The molecular weight excluding hydrogens is 509 g/mol. The molecule has 9 heteroatoms. The van der Waals surface area contributed by atoms with Crippen LogP contribution in [0, 0.1) is 29.1 Å². The number of hydrogen-bond donors (Lipinski definition) is 2. The van der Waals surface area contributed by atoms with Gasteiger partial charge in [-0.2, -0.15) is 5.26 Å². The molecule has 2 amide bonds. The second-order valence-electron chi connectivity index (χ2n) is 11.2. The molecule has 7 nitrogen and oxygen atoms in total. The Balaban J connectivity index is 1.18. The van der Waals surface area contributed by atoms with Crippen molar-refractivity contribution in [2.75, 3.05) is 31.6 Å². The summed E-state index contributed by atoms with van der Waals surface area (Å²) in [5.74, 6) is 1.82. The van der Waals surface area contributed by atoms with Gasteiger partial charge in [0.15, 0.2) is 0 Å². The summed E-state index contributed by atoms with van der Waals surface area (Å²) in [5.41, 5.74) is 2.63. The lowest BCUT2D eigenvalue weighted by atomic mass is 9.80. The lowest BCUT2D eigenvalue weighted by Crippen LogP contribution is -2.49. The van der Waals surface area contributed by atoms with E-state index in [0.29, 0.717) is 35.5 Å². The maximum atomic E-state index is 13.6. The van der Waals surface area contributed by atoms with Gasteiger partial charge in [-0.3, -0.25) is 4.90 Å². The second kappa shape index (κ2) is 9.74. The van der Waals surface area contributed by atoms with E-state index < -0.39 is 0 Å². The second-order valence-corrected chi connectivity index (χ2v) is 12.0. The van der Waals surface area contributed by atoms with Gasteiger partial charge in [0.05, 0.1) is 18.2 Å². The van der Waals surface area contributed by atoms with E-state index in [1.165, 1.54) is 12.0 Å². The maximum absolute atomic E-state index is 13.6. The SMILES string of the molecule is N#Cc1cccc([C@@]23CC[C@@H](N(CCN4CC5CC5[C@H]4CO)C(=O)Nc4cc(Cl)nc(Cl)c4)CC2C3)c1. The molecular formula is C28H31Cl2N5O2. The molecule has 0 bridgehead atoms. The number of pyridine rings is 1. The number of nitrogens with one attached hydrogen (secondary N) is 1. The summed E-state index contributed by atoms with van der Waals surface area (Å²) >= 11 is 12.1. The number of likely N-dealkylation sites (tertiary alicyclic amines) is 1. The number of benzene rings is 1. The first-order chi connectivity index (χ1) is 17.9. The quantitative estimate of drug-likeness (QED) is 0.487. The minimum absolute atomic E-state index is 0.122. The Labute approximate surface area is 227 Å². The average molecular weight is 540 g/mol. The Morgan fingerprint density at radius 2 is 2.08 bits per heavy atom. The largest absolute Gasteiger partial charge is 0.395 e. The molecule has 4 fully saturated rings. The normalized spacial score (nSPS) is 31.7. The summed E-state index contributed by atoms with van der Waals surface area (Å²) < 4.78 is 0. The highest BCUT2D eigenvalue weighted by molar-refractivity contribution is 6.33. The van der Waals surface area contributed by atoms with Gasteiger partial charge in [0.2, 0.25) is 0 Å². The van der Waals surface area contributed by atoms with Gasteiger partial charge in [-0.1, -0.05) is 35.3 Å². The number of urea groups is 1. The van der Waals surface area contributed by atoms with Crippen LogP contribution in [0.15, 0.2) is 36.4 Å². The van der Waals surface area contributed by atoms with Crippen LogP contribution in [0.5, 0.6) is 0 Å². The van der Waals surface area contributed by atoms with Crippen LogP contribution in [0.4, 0.5) is 10.5 Å². The zero-order valence-corrected chi connectivity index (χ0v) is 22.1. The van der Waals surface area contributed by atoms with Gasteiger partial charge < -0.3 is 15.3 Å². The smallest absolute Gasteiger partial charge is 0.322 e. The first-order valence-corrected chi connectivity index (χ1v) is 13.9. The number of anilines is 1. The molecule has 2 aromatic rings. The number of rotatable bonds is 7. The molecule has 1 aliphatic heterocycles. The van der Waals surface area contributed by atoms with Crippen molar-refractivity contribution >= 4 is 34.9 Å². The van der Waals surface area contributed by atoms with Crippen LogP contribution in [0.25, 0.3) is 0 Å². The van der Waals surface area contributed by atoms with Gasteiger partial charge in [-0.05, 0) is 85.1 Å². The Morgan fingerprint density at radius 1 is 1.27 bits per heavy atom. The number of aliphatic hydroxyl groups is 1. The summed E-state index contributed by atoms with van der Waals surface area (Å²) in [6, 6.07) is 13.7. The molecule has 1 saturated heterocycles. The van der Waals surface area contributed by atoms with E-state index in [4.69, 9.17) is 23.2 Å². The van der Waals surface area contributed by atoms with E-state index >= 15 is 0 Å². The minimum Gasteiger partial charge on any atom is -0.395 e. The standard InChI is InChI=1S/C28H31Cl2N5O2/c29-25-11-21(12-26(30)33-25)32-27(37)35(7-6-34-15-18-9-23(18)24(34)16-36)22-4-5-28(13-20(28)10-22)19-3-1-2-17(8-19)14-31/h1-3,8,11-12,18,20,22-24,36H,4-7,9-10,13,15-16H2,(H,32,33,37)/t18?,20?,22-,23?,24-,28+/m1/s1. The molecule has 3 aliphatic carbocycles. The molecule has 6 rings (SSSR count). The van der Waals surface area contributed by atoms with Crippen molar-refractivity contribution in [1.29, 1.82) is 5.26 Å². The number of piperidine rings is 1. The fourth-order valence-electron chi connectivity index (χ4n) is 7.13. The molecule has 2 heterocycles. The average Bonchev–Trinajstić information content (AvgIpc) is 3.78. The molecule has 4 aliphatic rings. The van der Waals surface area contributed by atoms with E-state index in [-0.39, 0.29) is 40.4 Å². The molecule has 2 N–H and O–H groups in total. The van der Waals surface area contributed by atoms with E-state index in [1.54, 1.807) is 12.1 Å². The number of nitrogens with zero attached hydrogens (tertiary/aromatic N) is 4. The third-order valence-corrected chi connectivity index (χ3v) is 9.61. The van der Waals surface area contributed by atoms with E-state index in [0.717, 1.165) is 38.8 Å². The number of amides is 2. The molecule has 3 saturated carbocycles. The molecule has 0 radical (unpaired) electrons. The minimum atomic E-state index is -0.159. The van der Waals surface area contributed by atoms with Crippen LogP contribution in [0.3, 0.4) is 0 Å². The van der Waals surface area contributed by atoms with E-state index in [1.807, 2.05) is 23.1 Å². The Bertz CT molecular complexity index is 1230. The highest BCUT2D eigenvalue weighted by atomic mass is 35.5. The number of nitriles is 1. The van der Waals surface area contributed by atoms with Gasteiger partial charge in [0, 0.05) is 37.4 Å². The predicted molar refractivity (Wildman–Crippen MR) is 143 cm³/mol. The number of carbonyl (C=O) groups excluding carboxylic acids is 1. The molecule has 1 aromatic heterocycles. The van der Waals surface area contributed by atoms with Crippen molar-refractivity contribution in [2.45, 2.75) is 49.6 Å². The first kappa shape index (κ1) is 24.9. The van der Waals surface area contributed by atoms with Crippen molar-refractivity contribution in [3.63, 3.8) is 0 Å². The number of halogens is 2. The lowest BCUT2D eigenvalue weighted by Gasteiger charge is -2.38. The number of aromatic nitrogens is 1. The third-order valence-electron chi connectivity index (χ3n) is 9.22. The van der Waals surface area contributed by atoms with Crippen molar-refractivity contribution in [3.05, 3.63) is 57.8 Å². The van der Waals surface area contributed by atoms with E-state index in [2.05, 4.69) is 27.3 Å². The number of hydrogen-bond acceptors (Lipinski definition) is 5. The maximum Gasteiger partial charge on any atom is 0.322 e. The molecule has 37 heavy (non-hydrogen) atoms. The van der Waals surface area contributed by atoms with Gasteiger partial charge in [-0.25, -0.2) is 9.78 Å². The van der Waals surface area contributed by atoms with Crippen LogP contribution in [0.1, 0.15) is 43.2 Å². The fourth-order valence-corrected chi connectivity index (χ4v) is 7.59. The topological polar surface area (TPSA) is 92.5 Å². The molecule has 6 atom stereocenters. The highest BCUT2D eigenvalue weighted by Gasteiger charge is 2.58. The third kappa shape index (κ3) is 4.81. The Morgan fingerprint density at radius 3 is 2.81 bits per heavy atom. The predicted octanol–water partition coefficient (Wildman–Crippen LogP) is 4.92. The van der Waals surface area contributed by atoms with Gasteiger partial charge in [0.1, 0.15) is 10.3 Å². The summed E-state index contributed by atoms with van der Waals surface area (Å²) in [4.78, 5) is 21.9. The van der Waals surface area contributed by atoms with Crippen LogP contribution in [0.2, 0.25) is 10.3 Å². The highest BCUT2D eigenvalue weighted by Crippen LogP contribution is 2.63. The molecule has 0 spiro atoms. The first-order valence-electron chi connectivity index (χ1n) is 13.2. The molecule has 3 unspecified atom stereocenters. The fraction of sp³-hybridized carbons (Fsp3) is 0.536. The van der Waals surface area contributed by atoms with Crippen molar-refractivity contribution in [3.8, 4) is 6.07 Å². The number of carbonyl (C=O) groups is 1. The summed E-state index contributed by atoms with van der Waals surface area (Å²) in [7, 11) is 0. The number of fused-ring (bicyclic) bond motifs is 2. The van der Waals surface area contributed by atoms with Gasteiger partial charge >= 0.3 is 6.03 Å². The monoisotopic (exact) mass is 539 g/mol. The molecule has 1 aromatic carbocycles. The van der Waals surface area contributed by atoms with Gasteiger partial charge in [-0.15, -0.1) is 0 Å². The zero-order chi connectivity index (χ0) is 25.7. The van der Waals surface area contributed by atoms with Crippen LogP contribution in [-0.2, 0) is 5.41 Å². The van der Waals surface area contributed by atoms with Crippen LogP contribution >= 0.6 is 23.2 Å². The van der Waals surface area contributed by atoms with Crippen molar-refractivity contribution in [1.82, 2.24) is 14.8 Å². The summed E-state index contributed by atoms with van der Waals surface area (Å²) in [6.07, 6.45) is 5.17. The van der Waals surface area contributed by atoms with E-state index in [9.17, 15) is 15.2 Å². The van der Waals surface area contributed by atoms with Crippen molar-refractivity contribution < 1.29 is 9.90 Å². The number of aliphatic hydroxyl groups excluding tert-OH is 1. The Kier molecular flexibility index (Phi) is 6.57. The zero-order valence-electron chi connectivity index (χ0n) is 20.6.